The maximum absolute atomic E-state index is 12.2. The number of aryl methyl sites for hydroxylation is 1. The summed E-state index contributed by atoms with van der Waals surface area (Å²) in [4.78, 5) is 12.7. The Balaban J connectivity index is 2.01. The predicted octanol–water partition coefficient (Wildman–Crippen LogP) is 1.43. The zero-order valence-electron chi connectivity index (χ0n) is 11.2. The van der Waals surface area contributed by atoms with Crippen molar-refractivity contribution in [2.45, 2.75) is 25.8 Å². The van der Waals surface area contributed by atoms with Crippen LogP contribution in [0.1, 0.15) is 27.9 Å². The summed E-state index contributed by atoms with van der Waals surface area (Å²) in [5.74, 6) is -0.216. The molecule has 0 bridgehead atoms. The maximum atomic E-state index is 12.2. The second-order valence-corrected chi connectivity index (χ2v) is 5.20. The van der Waals surface area contributed by atoms with Gasteiger partial charge in [-0.1, -0.05) is 41.7 Å². The number of carbonyl (C=O) groups excluding carboxylic acids is 1. The van der Waals surface area contributed by atoms with Crippen LogP contribution in [0.15, 0.2) is 30.3 Å². The molecule has 2 aromatic rings. The highest BCUT2D eigenvalue weighted by Gasteiger charge is 2.18. The molecule has 106 valence electrons. The SMILES string of the molecule is CCc1nnsc1C(=O)N[C@@H](CO)Cc1ccccc1. The molecule has 0 spiro atoms. The molecule has 1 heterocycles. The number of hydrogen-bond donors (Lipinski definition) is 2. The van der Waals surface area contributed by atoms with Gasteiger partial charge in [0.15, 0.2) is 0 Å². The largest absolute Gasteiger partial charge is 0.394 e. The Labute approximate surface area is 121 Å². The molecule has 2 rings (SSSR count). The molecule has 20 heavy (non-hydrogen) atoms. The lowest BCUT2D eigenvalue weighted by Crippen LogP contribution is -2.39. The van der Waals surface area contributed by atoms with E-state index < -0.39 is 0 Å². The van der Waals surface area contributed by atoms with Crippen molar-refractivity contribution < 1.29 is 9.90 Å². The van der Waals surface area contributed by atoms with E-state index >= 15 is 0 Å². The molecular weight excluding hydrogens is 274 g/mol. The summed E-state index contributed by atoms with van der Waals surface area (Å²) in [6, 6.07) is 9.45. The molecule has 2 N–H and O–H groups in total. The summed E-state index contributed by atoms with van der Waals surface area (Å²) in [6.45, 7) is 1.83. The van der Waals surface area contributed by atoms with Crippen LogP contribution in [-0.2, 0) is 12.8 Å². The van der Waals surface area contributed by atoms with Gasteiger partial charge in [0, 0.05) is 0 Å². The van der Waals surface area contributed by atoms with Gasteiger partial charge in [-0.15, -0.1) is 5.10 Å². The van der Waals surface area contributed by atoms with Crippen LogP contribution in [0.2, 0.25) is 0 Å². The molecule has 1 aromatic heterocycles. The lowest BCUT2D eigenvalue weighted by molar-refractivity contribution is 0.0919. The van der Waals surface area contributed by atoms with Crippen molar-refractivity contribution in [2.24, 2.45) is 0 Å². The van der Waals surface area contributed by atoms with E-state index in [1.807, 2.05) is 37.3 Å². The van der Waals surface area contributed by atoms with Crippen molar-refractivity contribution in [1.29, 1.82) is 0 Å². The normalized spacial score (nSPS) is 12.1. The molecule has 0 aliphatic rings. The molecule has 0 aliphatic heterocycles. The summed E-state index contributed by atoms with van der Waals surface area (Å²) in [7, 11) is 0. The number of nitrogens with zero attached hydrogens (tertiary/aromatic N) is 2. The van der Waals surface area contributed by atoms with Crippen LogP contribution < -0.4 is 5.32 Å². The van der Waals surface area contributed by atoms with Crippen molar-refractivity contribution in [3.05, 3.63) is 46.5 Å². The van der Waals surface area contributed by atoms with Gasteiger partial charge in [0.05, 0.1) is 18.3 Å². The fourth-order valence-electron chi connectivity index (χ4n) is 1.92. The van der Waals surface area contributed by atoms with Gasteiger partial charge in [-0.05, 0) is 29.9 Å². The van der Waals surface area contributed by atoms with Crippen molar-refractivity contribution in [3.8, 4) is 0 Å². The standard InChI is InChI=1S/C14H17N3O2S/c1-2-12-13(20-17-16-12)14(19)15-11(9-18)8-10-6-4-3-5-7-10/h3-7,11,18H,2,8-9H2,1H3,(H,15,19)/t11-/m1/s1. The number of carbonyl (C=O) groups is 1. The van der Waals surface area contributed by atoms with E-state index in [1.54, 1.807) is 0 Å². The summed E-state index contributed by atoms with van der Waals surface area (Å²) in [5.41, 5.74) is 1.77. The van der Waals surface area contributed by atoms with Gasteiger partial charge in [0.25, 0.3) is 5.91 Å². The van der Waals surface area contributed by atoms with Crippen LogP contribution in [0.5, 0.6) is 0 Å². The average Bonchev–Trinajstić information content (AvgIpc) is 2.96. The summed E-state index contributed by atoms with van der Waals surface area (Å²) < 4.78 is 3.80. The first-order chi connectivity index (χ1) is 9.74. The first-order valence-corrected chi connectivity index (χ1v) is 7.28. The molecule has 1 amide bonds. The Hall–Kier alpha value is -1.79. The maximum Gasteiger partial charge on any atom is 0.265 e. The predicted molar refractivity (Wildman–Crippen MR) is 77.8 cm³/mol. The van der Waals surface area contributed by atoms with Crippen LogP contribution in [0.4, 0.5) is 0 Å². The smallest absolute Gasteiger partial charge is 0.265 e. The first-order valence-electron chi connectivity index (χ1n) is 6.51. The van der Waals surface area contributed by atoms with E-state index in [1.165, 1.54) is 0 Å². The number of benzene rings is 1. The van der Waals surface area contributed by atoms with Gasteiger partial charge >= 0.3 is 0 Å². The monoisotopic (exact) mass is 291 g/mol. The van der Waals surface area contributed by atoms with Gasteiger partial charge in [-0.2, -0.15) is 0 Å². The van der Waals surface area contributed by atoms with Crippen LogP contribution >= 0.6 is 11.5 Å². The highest BCUT2D eigenvalue weighted by Crippen LogP contribution is 2.12. The minimum atomic E-state index is -0.309. The Morgan fingerprint density at radius 3 is 2.80 bits per heavy atom. The minimum Gasteiger partial charge on any atom is -0.394 e. The molecule has 1 aromatic carbocycles. The second kappa shape index (κ2) is 7.12. The molecule has 0 aliphatic carbocycles. The third kappa shape index (κ3) is 3.61. The minimum absolute atomic E-state index is 0.103. The lowest BCUT2D eigenvalue weighted by atomic mass is 10.1. The van der Waals surface area contributed by atoms with Crippen LogP contribution in [0.25, 0.3) is 0 Å². The van der Waals surface area contributed by atoms with Gasteiger partial charge in [0.2, 0.25) is 0 Å². The number of nitrogens with one attached hydrogen (secondary N) is 1. The number of rotatable bonds is 6. The number of hydrogen-bond acceptors (Lipinski definition) is 5. The van der Waals surface area contributed by atoms with Gasteiger partial charge < -0.3 is 10.4 Å². The third-order valence-electron chi connectivity index (χ3n) is 2.98. The van der Waals surface area contributed by atoms with E-state index in [2.05, 4.69) is 14.9 Å². The van der Waals surface area contributed by atoms with Gasteiger partial charge in [-0.3, -0.25) is 4.79 Å². The Morgan fingerprint density at radius 1 is 1.40 bits per heavy atom. The Bertz CT molecular complexity index is 557. The molecule has 6 heteroatoms. The summed E-state index contributed by atoms with van der Waals surface area (Å²) in [5, 5.41) is 16.2. The molecule has 5 nitrogen and oxygen atoms in total. The quantitative estimate of drug-likeness (QED) is 0.844. The first kappa shape index (κ1) is 14.6. The summed E-state index contributed by atoms with van der Waals surface area (Å²) in [6.07, 6.45) is 1.26. The lowest BCUT2D eigenvalue weighted by Gasteiger charge is -2.16. The molecule has 0 radical (unpaired) electrons. The average molecular weight is 291 g/mol. The van der Waals surface area contributed by atoms with E-state index in [-0.39, 0.29) is 18.6 Å². The van der Waals surface area contributed by atoms with Crippen molar-refractivity contribution in [3.63, 3.8) is 0 Å². The molecular formula is C14H17N3O2S. The third-order valence-corrected chi connectivity index (χ3v) is 3.74. The van der Waals surface area contributed by atoms with Gasteiger partial charge in [-0.25, -0.2) is 0 Å². The molecule has 0 saturated carbocycles. The number of aromatic nitrogens is 2. The Kier molecular flexibility index (Phi) is 5.20. The molecule has 0 saturated heterocycles. The number of aliphatic hydroxyl groups excluding tert-OH is 1. The van der Waals surface area contributed by atoms with Gasteiger partial charge in [0.1, 0.15) is 4.88 Å². The van der Waals surface area contributed by atoms with Crippen LogP contribution in [0, 0.1) is 0 Å². The second-order valence-electron chi connectivity index (χ2n) is 4.44. The van der Waals surface area contributed by atoms with E-state index in [9.17, 15) is 9.90 Å². The fraction of sp³-hybridized carbons (Fsp3) is 0.357. The zero-order chi connectivity index (χ0) is 14.4. The number of amides is 1. The molecule has 0 unspecified atom stereocenters. The summed E-state index contributed by atoms with van der Waals surface area (Å²) >= 11 is 1.09. The zero-order valence-corrected chi connectivity index (χ0v) is 12.1. The van der Waals surface area contributed by atoms with Crippen LogP contribution in [0.3, 0.4) is 0 Å². The highest BCUT2D eigenvalue weighted by molar-refractivity contribution is 7.08. The molecule has 1 atom stereocenters. The number of aliphatic hydroxyl groups is 1. The molecule has 0 fully saturated rings. The van der Waals surface area contributed by atoms with Crippen molar-refractivity contribution in [1.82, 2.24) is 14.9 Å². The van der Waals surface area contributed by atoms with E-state index in [0.29, 0.717) is 23.4 Å². The van der Waals surface area contributed by atoms with Crippen LogP contribution in [-0.4, -0.2) is 33.2 Å². The Morgan fingerprint density at radius 2 is 2.15 bits per heavy atom. The van der Waals surface area contributed by atoms with E-state index in [0.717, 1.165) is 17.1 Å². The fourth-order valence-corrected chi connectivity index (χ4v) is 2.58. The van der Waals surface area contributed by atoms with E-state index in [4.69, 9.17) is 0 Å². The topological polar surface area (TPSA) is 75.1 Å². The van der Waals surface area contributed by atoms with Crippen molar-refractivity contribution >= 4 is 17.4 Å². The highest BCUT2D eigenvalue weighted by atomic mass is 32.1. The van der Waals surface area contributed by atoms with Crippen molar-refractivity contribution in [2.75, 3.05) is 6.61 Å².